The van der Waals surface area contributed by atoms with E-state index in [1.165, 1.54) is 0 Å². The Hall–Kier alpha value is -0.440. The van der Waals surface area contributed by atoms with Crippen LogP contribution in [0.3, 0.4) is 0 Å². The Kier molecular flexibility index (Phi) is 6.21. The van der Waals surface area contributed by atoms with E-state index in [0.29, 0.717) is 26.4 Å². The zero-order chi connectivity index (χ0) is 15.3. The predicted octanol–water partition coefficient (Wildman–Crippen LogP) is 2.26. The number of halogens is 4. The molecule has 0 aliphatic carbocycles. The van der Waals surface area contributed by atoms with Crippen molar-refractivity contribution in [3.05, 3.63) is 0 Å². The number of hydrogen-bond donors (Lipinski definition) is 0. The minimum atomic E-state index is -3.94. The van der Waals surface area contributed by atoms with E-state index in [9.17, 15) is 17.6 Å². The third-order valence-corrected chi connectivity index (χ3v) is 3.29. The molecule has 2 rings (SSSR count). The van der Waals surface area contributed by atoms with Crippen molar-refractivity contribution in [2.75, 3.05) is 33.0 Å². The fourth-order valence-electron chi connectivity index (χ4n) is 1.79. The molecule has 0 amide bonds. The molecule has 3 atom stereocenters. The van der Waals surface area contributed by atoms with Crippen LogP contribution in [0, 0.1) is 0 Å². The van der Waals surface area contributed by atoms with Gasteiger partial charge >= 0.3 is 12.3 Å². The number of hydrogen-bond acceptors (Lipinski definition) is 4. The summed E-state index contributed by atoms with van der Waals surface area (Å²) in [7, 11) is 0. The smallest absolute Gasteiger partial charge is 0.307 e. The quantitative estimate of drug-likeness (QED) is 0.409. The molecule has 0 aromatic rings. The van der Waals surface area contributed by atoms with E-state index >= 15 is 0 Å². The SMILES string of the molecule is FC(F)C(F)(F)CCCC(COCC1CO1)OCC1CO1. The summed E-state index contributed by atoms with van der Waals surface area (Å²) in [5.74, 6) is -3.94. The van der Waals surface area contributed by atoms with Crippen LogP contribution in [0.4, 0.5) is 17.6 Å². The molecule has 2 aliphatic heterocycles. The summed E-state index contributed by atoms with van der Waals surface area (Å²) < 4.78 is 70.7. The molecule has 0 N–H and O–H groups in total. The molecule has 2 saturated heterocycles. The van der Waals surface area contributed by atoms with Crippen molar-refractivity contribution in [3.8, 4) is 0 Å². The summed E-state index contributed by atoms with van der Waals surface area (Å²) in [4.78, 5) is 0. The Balaban J connectivity index is 1.63. The van der Waals surface area contributed by atoms with Gasteiger partial charge in [-0.25, -0.2) is 17.6 Å². The van der Waals surface area contributed by atoms with Gasteiger partial charge in [0.25, 0.3) is 0 Å². The maximum atomic E-state index is 12.8. The lowest BCUT2D eigenvalue weighted by Gasteiger charge is -2.19. The molecule has 8 heteroatoms. The maximum absolute atomic E-state index is 12.8. The van der Waals surface area contributed by atoms with E-state index in [0.717, 1.165) is 0 Å². The van der Waals surface area contributed by atoms with Crippen LogP contribution in [0.5, 0.6) is 0 Å². The van der Waals surface area contributed by atoms with E-state index in [2.05, 4.69) is 0 Å². The van der Waals surface area contributed by atoms with Gasteiger partial charge in [-0.15, -0.1) is 0 Å². The molecule has 0 aromatic heterocycles. The minimum absolute atomic E-state index is 0.0448. The summed E-state index contributed by atoms with van der Waals surface area (Å²) in [5.41, 5.74) is 0. The van der Waals surface area contributed by atoms with E-state index in [1.54, 1.807) is 0 Å². The molecule has 4 nitrogen and oxygen atoms in total. The largest absolute Gasteiger partial charge is 0.376 e. The average molecular weight is 316 g/mol. The van der Waals surface area contributed by atoms with E-state index in [-0.39, 0.29) is 37.8 Å². The molecule has 2 heterocycles. The number of rotatable bonds is 12. The van der Waals surface area contributed by atoms with Crippen molar-refractivity contribution in [3.63, 3.8) is 0 Å². The first kappa shape index (κ1) is 16.9. The van der Waals surface area contributed by atoms with Gasteiger partial charge < -0.3 is 18.9 Å². The Morgan fingerprint density at radius 3 is 2.29 bits per heavy atom. The van der Waals surface area contributed by atoms with Crippen molar-refractivity contribution in [1.82, 2.24) is 0 Å². The molecule has 0 radical (unpaired) electrons. The molecular weight excluding hydrogens is 296 g/mol. The van der Waals surface area contributed by atoms with Crippen LogP contribution in [-0.4, -0.2) is 63.7 Å². The highest BCUT2D eigenvalue weighted by molar-refractivity contribution is 4.73. The van der Waals surface area contributed by atoms with Gasteiger partial charge in [0.05, 0.1) is 39.1 Å². The van der Waals surface area contributed by atoms with Crippen molar-refractivity contribution in [1.29, 1.82) is 0 Å². The predicted molar refractivity (Wildman–Crippen MR) is 64.8 cm³/mol. The molecule has 0 saturated carbocycles. The lowest BCUT2D eigenvalue weighted by Crippen LogP contribution is -2.28. The molecule has 0 bridgehead atoms. The summed E-state index contributed by atoms with van der Waals surface area (Å²) >= 11 is 0. The average Bonchev–Trinajstić information content (AvgIpc) is 3.28. The Morgan fingerprint density at radius 2 is 1.71 bits per heavy atom. The number of epoxide rings is 2. The minimum Gasteiger partial charge on any atom is -0.376 e. The molecule has 0 aromatic carbocycles. The van der Waals surface area contributed by atoms with Crippen LogP contribution < -0.4 is 0 Å². The highest BCUT2D eigenvalue weighted by Gasteiger charge is 2.40. The Morgan fingerprint density at radius 1 is 1.10 bits per heavy atom. The van der Waals surface area contributed by atoms with Crippen molar-refractivity contribution in [2.24, 2.45) is 0 Å². The monoisotopic (exact) mass is 316 g/mol. The number of alkyl halides is 4. The van der Waals surface area contributed by atoms with Crippen molar-refractivity contribution < 1.29 is 36.5 Å². The van der Waals surface area contributed by atoms with Gasteiger partial charge in [0.1, 0.15) is 12.2 Å². The standard InChI is InChI=1S/C13H20F4O4/c14-12(15)13(16,17)3-1-2-9(19-7-11-8-21-11)4-18-5-10-6-20-10/h9-12H,1-8H2. The zero-order valence-corrected chi connectivity index (χ0v) is 11.6. The highest BCUT2D eigenvalue weighted by atomic mass is 19.3. The first-order valence-electron chi connectivity index (χ1n) is 7.06. The number of ether oxygens (including phenoxy) is 4. The van der Waals surface area contributed by atoms with Crippen LogP contribution in [0.15, 0.2) is 0 Å². The molecule has 0 spiro atoms. The van der Waals surface area contributed by atoms with Gasteiger partial charge in [-0.3, -0.25) is 0 Å². The molecule has 2 aliphatic rings. The zero-order valence-electron chi connectivity index (χ0n) is 11.6. The third kappa shape index (κ3) is 6.90. The summed E-state index contributed by atoms with van der Waals surface area (Å²) in [6.07, 6.45) is -4.49. The van der Waals surface area contributed by atoms with Crippen LogP contribution in [0.25, 0.3) is 0 Å². The lowest BCUT2D eigenvalue weighted by molar-refractivity contribution is -0.135. The molecule has 2 fully saturated rings. The maximum Gasteiger partial charge on any atom is 0.307 e. The van der Waals surface area contributed by atoms with E-state index in [4.69, 9.17) is 18.9 Å². The van der Waals surface area contributed by atoms with Crippen molar-refractivity contribution >= 4 is 0 Å². The van der Waals surface area contributed by atoms with E-state index in [1.807, 2.05) is 0 Å². The fraction of sp³-hybridized carbons (Fsp3) is 1.00. The lowest BCUT2D eigenvalue weighted by atomic mass is 10.1. The summed E-state index contributed by atoms with van der Waals surface area (Å²) in [6, 6.07) is 0. The third-order valence-electron chi connectivity index (χ3n) is 3.29. The second kappa shape index (κ2) is 7.71. The molecular formula is C13H20F4O4. The summed E-state index contributed by atoms with van der Waals surface area (Å²) in [6.45, 7) is 2.36. The van der Waals surface area contributed by atoms with Crippen LogP contribution in [0.2, 0.25) is 0 Å². The van der Waals surface area contributed by atoms with Gasteiger partial charge in [0.2, 0.25) is 0 Å². The normalized spacial score (nSPS) is 26.1. The molecule has 3 unspecified atom stereocenters. The molecule has 21 heavy (non-hydrogen) atoms. The highest BCUT2D eigenvalue weighted by Crippen LogP contribution is 2.29. The second-order valence-corrected chi connectivity index (χ2v) is 5.36. The first-order chi connectivity index (χ1) is 9.97. The topological polar surface area (TPSA) is 43.5 Å². The van der Waals surface area contributed by atoms with Crippen molar-refractivity contribution in [2.45, 2.75) is 49.9 Å². The molecule has 124 valence electrons. The van der Waals surface area contributed by atoms with Crippen LogP contribution in [-0.2, 0) is 18.9 Å². The van der Waals surface area contributed by atoms with Gasteiger partial charge in [-0.1, -0.05) is 0 Å². The fourth-order valence-corrected chi connectivity index (χ4v) is 1.79. The second-order valence-electron chi connectivity index (χ2n) is 5.36. The van der Waals surface area contributed by atoms with Gasteiger partial charge in [-0.05, 0) is 12.8 Å². The Bertz CT molecular complexity index is 309. The van der Waals surface area contributed by atoms with Gasteiger partial charge in [-0.2, -0.15) is 0 Å². The van der Waals surface area contributed by atoms with Crippen LogP contribution in [0.1, 0.15) is 19.3 Å². The summed E-state index contributed by atoms with van der Waals surface area (Å²) in [5, 5.41) is 0. The van der Waals surface area contributed by atoms with Crippen LogP contribution >= 0.6 is 0 Å². The first-order valence-corrected chi connectivity index (χ1v) is 7.06. The van der Waals surface area contributed by atoms with Gasteiger partial charge in [0, 0.05) is 6.42 Å². The Labute approximate surface area is 120 Å². The van der Waals surface area contributed by atoms with E-state index < -0.39 is 18.8 Å². The van der Waals surface area contributed by atoms with Gasteiger partial charge in [0.15, 0.2) is 0 Å².